The van der Waals surface area contributed by atoms with Crippen molar-refractivity contribution in [3.8, 4) is 5.75 Å². The fourth-order valence-corrected chi connectivity index (χ4v) is 7.44. The highest BCUT2D eigenvalue weighted by Crippen LogP contribution is 2.50. The molecule has 5 N–H and O–H groups in total. The summed E-state index contributed by atoms with van der Waals surface area (Å²) in [6, 6.07) is 7.95. The topological polar surface area (TPSA) is 171 Å². The Morgan fingerprint density at radius 2 is 1.95 bits per heavy atom. The van der Waals surface area contributed by atoms with E-state index >= 15 is 0 Å². The molecule has 12 nitrogen and oxygen atoms in total. The summed E-state index contributed by atoms with van der Waals surface area (Å²) in [5, 5.41) is 25.6. The third-order valence-electron chi connectivity index (χ3n) is 6.76. The summed E-state index contributed by atoms with van der Waals surface area (Å²) in [4.78, 5) is 25.3. The lowest BCUT2D eigenvalue weighted by Gasteiger charge is -2.32. The molecule has 2 aromatic rings. The van der Waals surface area contributed by atoms with Crippen LogP contribution in [0.5, 0.6) is 5.75 Å². The van der Waals surface area contributed by atoms with Crippen LogP contribution in [0.1, 0.15) is 53.2 Å². The predicted molar refractivity (Wildman–Crippen MR) is 158 cm³/mol. The predicted octanol–water partition coefficient (Wildman–Crippen LogP) is 3.01. The van der Waals surface area contributed by atoms with Crippen molar-refractivity contribution in [2.75, 3.05) is 12.3 Å². The summed E-state index contributed by atoms with van der Waals surface area (Å²) >= 11 is 5.84. The maximum absolute atomic E-state index is 12.8. The minimum atomic E-state index is -3.45. The summed E-state index contributed by atoms with van der Waals surface area (Å²) in [5.74, 6) is -0.459. The Labute approximate surface area is 244 Å². The number of rotatable bonds is 10. The minimum Gasteiger partial charge on any atom is -0.464 e. The number of aliphatic hydroxyl groups excluding tert-OH is 1. The minimum absolute atomic E-state index is 0.208. The number of hydrogen-bond acceptors (Lipinski definition) is 12. The number of nitrogens with one attached hydrogen (secondary N) is 1. The Kier molecular flexibility index (Phi) is 9.20. The third kappa shape index (κ3) is 7.11. The van der Waals surface area contributed by atoms with Crippen molar-refractivity contribution in [2.45, 2.75) is 83.5 Å². The SMILES string of the molecule is CC(NP(=S)(Oc1ccccc1)OC(C)C1O[C@@H](C2C=Nc3c(N)ncnc32)[C@](C)(O)[C@@H]1O)C(=O)OCC(C)(C)C. The van der Waals surface area contributed by atoms with Crippen LogP contribution in [0.3, 0.4) is 0 Å². The number of para-hydroxylation sites is 1. The first-order chi connectivity index (χ1) is 19.1. The van der Waals surface area contributed by atoms with E-state index in [1.807, 2.05) is 26.8 Å². The number of nitrogens with two attached hydrogens (primary N) is 1. The van der Waals surface area contributed by atoms with Gasteiger partial charge in [-0.1, -0.05) is 39.0 Å². The lowest BCUT2D eigenvalue weighted by atomic mass is 9.84. The average molecular weight is 608 g/mol. The monoisotopic (exact) mass is 607 g/mol. The number of benzene rings is 1. The van der Waals surface area contributed by atoms with E-state index in [0.717, 1.165) is 0 Å². The molecule has 5 unspecified atom stereocenters. The van der Waals surface area contributed by atoms with Gasteiger partial charge in [0.05, 0.1) is 24.3 Å². The number of hydrogen-bond donors (Lipinski definition) is 4. The molecule has 41 heavy (non-hydrogen) atoms. The molecule has 0 radical (unpaired) electrons. The van der Waals surface area contributed by atoms with Gasteiger partial charge in [0.2, 0.25) is 0 Å². The van der Waals surface area contributed by atoms with Crippen molar-refractivity contribution in [3.63, 3.8) is 0 Å². The quantitative estimate of drug-likeness (QED) is 0.230. The first-order valence-corrected chi connectivity index (χ1v) is 15.9. The molecular weight excluding hydrogens is 569 g/mol. The second kappa shape index (κ2) is 12.0. The van der Waals surface area contributed by atoms with E-state index < -0.39 is 54.6 Å². The highest BCUT2D eigenvalue weighted by molar-refractivity contribution is 8.09. The van der Waals surface area contributed by atoms with E-state index in [4.69, 9.17) is 36.1 Å². The summed E-state index contributed by atoms with van der Waals surface area (Å²) in [5.41, 5.74) is 4.91. The number of carbonyl (C=O) groups excluding carboxylic acids is 1. The molecule has 1 aromatic carbocycles. The van der Waals surface area contributed by atoms with Gasteiger partial charge in [-0.05, 0) is 50.1 Å². The van der Waals surface area contributed by atoms with E-state index in [1.165, 1.54) is 13.3 Å². The number of esters is 1. The molecule has 3 heterocycles. The van der Waals surface area contributed by atoms with E-state index in [-0.39, 0.29) is 17.8 Å². The summed E-state index contributed by atoms with van der Waals surface area (Å²) < 4.78 is 24.1. The van der Waals surface area contributed by atoms with Gasteiger partial charge in [0.1, 0.15) is 47.7 Å². The molecule has 1 saturated heterocycles. The molecule has 2 aliphatic heterocycles. The maximum atomic E-state index is 12.8. The fraction of sp³-hybridized carbons (Fsp3) is 0.556. The lowest BCUT2D eigenvalue weighted by Crippen LogP contribution is -2.49. The van der Waals surface area contributed by atoms with E-state index in [1.54, 1.807) is 44.3 Å². The second-order valence-electron chi connectivity index (χ2n) is 11.7. The van der Waals surface area contributed by atoms with Crippen LogP contribution in [-0.2, 0) is 30.6 Å². The van der Waals surface area contributed by atoms with Gasteiger partial charge < -0.3 is 34.5 Å². The van der Waals surface area contributed by atoms with Crippen molar-refractivity contribution in [1.82, 2.24) is 15.1 Å². The second-order valence-corrected chi connectivity index (χ2v) is 14.8. The Morgan fingerprint density at radius 3 is 2.61 bits per heavy atom. The molecule has 0 bridgehead atoms. The van der Waals surface area contributed by atoms with Crippen LogP contribution in [0.15, 0.2) is 41.7 Å². The largest absolute Gasteiger partial charge is 0.464 e. The number of nitrogen functional groups attached to an aromatic ring is 1. The van der Waals surface area contributed by atoms with Crippen LogP contribution in [0.4, 0.5) is 11.5 Å². The Hall–Kier alpha value is -2.51. The van der Waals surface area contributed by atoms with Gasteiger partial charge in [-0.15, -0.1) is 0 Å². The van der Waals surface area contributed by atoms with E-state index in [0.29, 0.717) is 17.1 Å². The van der Waals surface area contributed by atoms with Gasteiger partial charge in [0, 0.05) is 6.21 Å². The molecule has 8 atom stereocenters. The number of nitrogens with zero attached hydrogens (tertiary/aromatic N) is 3. The molecule has 0 amide bonds. The van der Waals surface area contributed by atoms with E-state index in [9.17, 15) is 15.0 Å². The maximum Gasteiger partial charge on any atom is 0.323 e. The molecule has 1 aromatic heterocycles. The molecular formula is C27H38N5O7PS. The first-order valence-electron chi connectivity index (χ1n) is 13.3. The number of ether oxygens (including phenoxy) is 2. The van der Waals surface area contributed by atoms with Gasteiger partial charge in [-0.3, -0.25) is 9.79 Å². The normalized spacial score (nSPS) is 28.5. The number of aromatic nitrogens is 2. The molecule has 1 fully saturated rings. The molecule has 224 valence electrons. The van der Waals surface area contributed by atoms with Crippen molar-refractivity contribution in [2.24, 2.45) is 10.4 Å². The molecule has 0 saturated carbocycles. The number of fused-ring (bicyclic) bond motifs is 1. The van der Waals surface area contributed by atoms with Gasteiger partial charge >= 0.3 is 12.6 Å². The van der Waals surface area contributed by atoms with E-state index in [2.05, 4.69) is 20.0 Å². The first kappa shape index (κ1) is 31.4. The number of carbonyl (C=O) groups is 1. The van der Waals surface area contributed by atoms with Crippen LogP contribution < -0.4 is 15.3 Å². The zero-order chi connectivity index (χ0) is 30.2. The van der Waals surface area contributed by atoms with Crippen molar-refractivity contribution in [3.05, 3.63) is 42.4 Å². The lowest BCUT2D eigenvalue weighted by molar-refractivity contribution is -0.148. The zero-order valence-corrected chi connectivity index (χ0v) is 25.6. The van der Waals surface area contributed by atoms with Crippen LogP contribution >= 0.6 is 6.64 Å². The Morgan fingerprint density at radius 1 is 1.27 bits per heavy atom. The standard InChI is InChI=1S/C27H38N5O7PS/c1-15(25(34)36-13-26(3,4)5)32-40(41,39-17-10-8-7-9-11-17)38-16(2)21-22(33)27(6,35)23(37-21)18-12-29-20-19(18)30-14-31-24(20)28/h7-12,14-16,18,21-23,33,35H,13H2,1-6H3,(H,32,41)(H2,28,30,31)/t15?,16?,18?,21?,22-,23+,27-,40?/m1/s1. The summed E-state index contributed by atoms with van der Waals surface area (Å²) in [7, 11) is 0. The van der Waals surface area contributed by atoms with Crippen molar-refractivity contribution in [1.29, 1.82) is 0 Å². The smallest absolute Gasteiger partial charge is 0.323 e. The highest BCUT2D eigenvalue weighted by Gasteiger charge is 2.58. The zero-order valence-electron chi connectivity index (χ0n) is 23.9. The number of anilines is 1. The van der Waals surface area contributed by atoms with Crippen LogP contribution in [0, 0.1) is 5.41 Å². The number of aliphatic hydroxyl groups is 2. The molecule has 0 aliphatic carbocycles. The van der Waals surface area contributed by atoms with Crippen LogP contribution in [-0.4, -0.2) is 75.0 Å². The van der Waals surface area contributed by atoms with Gasteiger partial charge in [-0.25, -0.2) is 15.1 Å². The Bertz CT molecular complexity index is 1320. The summed E-state index contributed by atoms with van der Waals surface area (Å²) in [6.07, 6.45) is -1.30. The highest BCUT2D eigenvalue weighted by atomic mass is 32.5. The summed E-state index contributed by atoms with van der Waals surface area (Å²) in [6.45, 7) is 7.39. The van der Waals surface area contributed by atoms with Gasteiger partial charge in [-0.2, -0.15) is 0 Å². The molecule has 2 aliphatic rings. The van der Waals surface area contributed by atoms with Crippen LogP contribution in [0.2, 0.25) is 0 Å². The van der Waals surface area contributed by atoms with Crippen LogP contribution in [0.25, 0.3) is 0 Å². The van der Waals surface area contributed by atoms with Crippen molar-refractivity contribution >= 4 is 42.1 Å². The fourth-order valence-electron chi connectivity index (χ4n) is 4.61. The van der Waals surface area contributed by atoms with Gasteiger partial charge in [0.25, 0.3) is 0 Å². The Balaban J connectivity index is 1.54. The van der Waals surface area contributed by atoms with Crippen molar-refractivity contribution < 1.29 is 33.5 Å². The molecule has 4 rings (SSSR count). The molecule has 14 heteroatoms. The number of aliphatic imine (C=N–C) groups is 1. The molecule has 0 spiro atoms. The average Bonchev–Trinajstić information content (AvgIpc) is 3.41. The van der Waals surface area contributed by atoms with Gasteiger partial charge in [0.15, 0.2) is 5.82 Å². The third-order valence-corrected chi connectivity index (χ3v) is 9.33.